The van der Waals surface area contributed by atoms with Crippen LogP contribution in [0.15, 0.2) is 18.2 Å². The molecule has 0 amide bonds. The number of hydrogen-bond donors (Lipinski definition) is 0. The van der Waals surface area contributed by atoms with Gasteiger partial charge in [0.25, 0.3) is 0 Å². The van der Waals surface area contributed by atoms with Crippen molar-refractivity contribution in [1.29, 1.82) is 0 Å². The van der Waals surface area contributed by atoms with Crippen LogP contribution in [-0.2, 0) is 19.3 Å². The first-order chi connectivity index (χ1) is 7.79. The first-order valence-electron chi connectivity index (χ1n) is 6.54. The zero-order chi connectivity index (χ0) is 11.4. The van der Waals surface area contributed by atoms with Crippen molar-refractivity contribution in [3.63, 3.8) is 0 Å². The van der Waals surface area contributed by atoms with Crippen molar-refractivity contribution in [3.05, 3.63) is 34.9 Å². The van der Waals surface area contributed by atoms with E-state index < -0.39 is 0 Å². The highest BCUT2D eigenvalue weighted by Gasteiger charge is 2.10. The maximum Gasteiger partial charge on any atom is 0.0143 e. The van der Waals surface area contributed by atoms with Gasteiger partial charge in [-0.2, -0.15) is 0 Å². The molecule has 1 aromatic rings. The zero-order valence-corrected chi connectivity index (χ0v) is 11.7. The molecule has 1 aliphatic carbocycles. The highest BCUT2D eigenvalue weighted by molar-refractivity contribution is 9.09. The molecule has 0 spiro atoms. The highest BCUT2D eigenvalue weighted by Crippen LogP contribution is 2.24. The summed E-state index contributed by atoms with van der Waals surface area (Å²) in [5, 5.41) is 0. The van der Waals surface area contributed by atoms with Gasteiger partial charge in [0.05, 0.1) is 0 Å². The first kappa shape index (κ1) is 12.2. The standard InChI is InChI=1S/C15H21Br/c1-2-15(16)8-3-5-12-9-10-13-6-4-7-14(13)11-12/h9-11,15H,2-8H2,1H3. The summed E-state index contributed by atoms with van der Waals surface area (Å²) in [6.07, 6.45) is 9.06. The van der Waals surface area contributed by atoms with Gasteiger partial charge in [-0.1, -0.05) is 41.1 Å². The number of rotatable bonds is 5. The topological polar surface area (TPSA) is 0 Å². The van der Waals surface area contributed by atoms with E-state index in [2.05, 4.69) is 41.1 Å². The van der Waals surface area contributed by atoms with Gasteiger partial charge in [-0.25, -0.2) is 0 Å². The molecule has 0 fully saturated rings. The van der Waals surface area contributed by atoms with Crippen molar-refractivity contribution in [3.8, 4) is 0 Å². The van der Waals surface area contributed by atoms with Crippen molar-refractivity contribution in [2.24, 2.45) is 0 Å². The average Bonchev–Trinajstić information content (AvgIpc) is 2.76. The van der Waals surface area contributed by atoms with Crippen molar-refractivity contribution in [2.75, 3.05) is 0 Å². The van der Waals surface area contributed by atoms with E-state index in [4.69, 9.17) is 0 Å². The Hall–Kier alpha value is -0.300. The highest BCUT2D eigenvalue weighted by atomic mass is 79.9. The summed E-state index contributed by atoms with van der Waals surface area (Å²) in [7, 11) is 0. The largest absolute Gasteiger partial charge is 0.0891 e. The average molecular weight is 281 g/mol. The lowest BCUT2D eigenvalue weighted by Gasteiger charge is -2.07. The van der Waals surface area contributed by atoms with E-state index in [1.165, 1.54) is 50.5 Å². The predicted molar refractivity (Wildman–Crippen MR) is 74.4 cm³/mol. The lowest BCUT2D eigenvalue weighted by atomic mass is 10.0. The van der Waals surface area contributed by atoms with Crippen LogP contribution in [0.3, 0.4) is 0 Å². The summed E-state index contributed by atoms with van der Waals surface area (Å²) in [6, 6.07) is 7.12. The number of benzene rings is 1. The molecular formula is C15H21Br. The fourth-order valence-corrected chi connectivity index (χ4v) is 2.84. The lowest BCUT2D eigenvalue weighted by Crippen LogP contribution is -1.97. The molecule has 0 saturated carbocycles. The maximum absolute atomic E-state index is 3.70. The van der Waals surface area contributed by atoms with Crippen LogP contribution >= 0.6 is 15.9 Å². The van der Waals surface area contributed by atoms with Crippen LogP contribution in [0, 0.1) is 0 Å². The Bertz CT molecular complexity index is 343. The Labute approximate surface area is 108 Å². The van der Waals surface area contributed by atoms with Gasteiger partial charge in [-0.15, -0.1) is 0 Å². The third-order valence-electron chi connectivity index (χ3n) is 3.59. The molecule has 0 nitrogen and oxygen atoms in total. The number of alkyl halides is 1. The molecule has 2 rings (SSSR count). The summed E-state index contributed by atoms with van der Waals surface area (Å²) < 4.78 is 0. The van der Waals surface area contributed by atoms with Crippen LogP contribution in [0.2, 0.25) is 0 Å². The van der Waals surface area contributed by atoms with Crippen LogP contribution in [0.1, 0.15) is 49.3 Å². The second-order valence-corrected chi connectivity index (χ2v) is 6.15. The fourth-order valence-electron chi connectivity index (χ4n) is 2.51. The molecule has 0 radical (unpaired) electrons. The quantitative estimate of drug-likeness (QED) is 0.688. The van der Waals surface area contributed by atoms with Gasteiger partial charge >= 0.3 is 0 Å². The van der Waals surface area contributed by atoms with Crippen LogP contribution in [0.5, 0.6) is 0 Å². The second kappa shape index (κ2) is 5.86. The molecule has 88 valence electrons. The third kappa shape index (κ3) is 3.10. The molecule has 1 aromatic carbocycles. The Balaban J connectivity index is 1.86. The minimum Gasteiger partial charge on any atom is -0.0891 e. The van der Waals surface area contributed by atoms with Crippen LogP contribution in [0.4, 0.5) is 0 Å². The molecule has 0 bridgehead atoms. The van der Waals surface area contributed by atoms with Gasteiger partial charge in [0.2, 0.25) is 0 Å². The van der Waals surface area contributed by atoms with E-state index in [9.17, 15) is 0 Å². The van der Waals surface area contributed by atoms with E-state index in [0.29, 0.717) is 4.83 Å². The minimum atomic E-state index is 0.710. The molecule has 1 heteroatoms. The predicted octanol–water partition coefficient (Wildman–Crippen LogP) is 4.67. The molecule has 0 heterocycles. The van der Waals surface area contributed by atoms with Gasteiger partial charge in [0.15, 0.2) is 0 Å². The van der Waals surface area contributed by atoms with E-state index in [1.54, 1.807) is 11.1 Å². The monoisotopic (exact) mass is 280 g/mol. The van der Waals surface area contributed by atoms with Gasteiger partial charge in [-0.05, 0) is 61.6 Å². The Morgan fingerprint density at radius 3 is 2.88 bits per heavy atom. The summed E-state index contributed by atoms with van der Waals surface area (Å²) in [6.45, 7) is 2.24. The Morgan fingerprint density at radius 1 is 1.25 bits per heavy atom. The molecule has 16 heavy (non-hydrogen) atoms. The van der Waals surface area contributed by atoms with E-state index in [1.807, 2.05) is 0 Å². The molecular weight excluding hydrogens is 260 g/mol. The number of hydrogen-bond acceptors (Lipinski definition) is 0. The third-order valence-corrected chi connectivity index (χ3v) is 4.69. The van der Waals surface area contributed by atoms with Gasteiger partial charge in [0.1, 0.15) is 0 Å². The first-order valence-corrected chi connectivity index (χ1v) is 7.46. The van der Waals surface area contributed by atoms with Gasteiger partial charge < -0.3 is 0 Å². The van der Waals surface area contributed by atoms with Crippen molar-refractivity contribution < 1.29 is 0 Å². The second-order valence-electron chi connectivity index (χ2n) is 4.85. The van der Waals surface area contributed by atoms with Crippen LogP contribution in [0.25, 0.3) is 0 Å². The summed E-state index contributed by atoms with van der Waals surface area (Å²) in [5.41, 5.74) is 4.75. The fraction of sp³-hybridized carbons (Fsp3) is 0.600. The zero-order valence-electron chi connectivity index (χ0n) is 10.1. The molecule has 1 unspecified atom stereocenters. The normalized spacial score (nSPS) is 16.1. The van der Waals surface area contributed by atoms with E-state index in [-0.39, 0.29) is 0 Å². The van der Waals surface area contributed by atoms with Crippen LogP contribution < -0.4 is 0 Å². The van der Waals surface area contributed by atoms with Gasteiger partial charge in [-0.3, -0.25) is 0 Å². The van der Waals surface area contributed by atoms with E-state index in [0.717, 1.165) is 0 Å². The molecule has 0 saturated heterocycles. The Morgan fingerprint density at radius 2 is 2.06 bits per heavy atom. The molecule has 1 aliphatic rings. The van der Waals surface area contributed by atoms with Crippen molar-refractivity contribution in [1.82, 2.24) is 0 Å². The van der Waals surface area contributed by atoms with E-state index >= 15 is 0 Å². The Kier molecular flexibility index (Phi) is 4.45. The molecule has 0 aliphatic heterocycles. The van der Waals surface area contributed by atoms with Gasteiger partial charge in [0, 0.05) is 4.83 Å². The van der Waals surface area contributed by atoms with Crippen molar-refractivity contribution >= 4 is 15.9 Å². The number of fused-ring (bicyclic) bond motifs is 1. The minimum absolute atomic E-state index is 0.710. The number of aryl methyl sites for hydroxylation is 3. The lowest BCUT2D eigenvalue weighted by molar-refractivity contribution is 0.689. The molecule has 0 aromatic heterocycles. The molecule has 0 N–H and O–H groups in total. The summed E-state index contributed by atoms with van der Waals surface area (Å²) in [4.78, 5) is 0.710. The van der Waals surface area contributed by atoms with Crippen LogP contribution in [-0.4, -0.2) is 4.83 Å². The van der Waals surface area contributed by atoms with Crippen molar-refractivity contribution in [2.45, 2.75) is 56.7 Å². The SMILES string of the molecule is CCC(Br)CCCc1ccc2c(c1)CCC2. The summed E-state index contributed by atoms with van der Waals surface area (Å²) >= 11 is 3.70. The maximum atomic E-state index is 3.70. The number of halogens is 1. The smallest absolute Gasteiger partial charge is 0.0143 e. The molecule has 1 atom stereocenters. The summed E-state index contributed by atoms with van der Waals surface area (Å²) in [5.74, 6) is 0.